The molecule has 96 valence electrons. The Morgan fingerprint density at radius 2 is 1.12 bits per heavy atom. The molecule has 2 N–H and O–H groups in total. The molecule has 2 saturated carbocycles. The van der Waals surface area contributed by atoms with E-state index in [4.69, 9.17) is 19.7 Å². The molecule has 4 heteroatoms. The summed E-state index contributed by atoms with van der Waals surface area (Å²) >= 11 is 0. The van der Waals surface area contributed by atoms with Gasteiger partial charge in [-0.05, 0) is 38.5 Å². The molecule has 0 saturated heterocycles. The smallest absolute Gasteiger partial charge is 0.0596 e. The molecule has 16 heavy (non-hydrogen) atoms. The Balaban J connectivity index is 0.000000160. The molecule has 0 unspecified atom stereocenters. The van der Waals surface area contributed by atoms with E-state index in [0.717, 1.165) is 38.5 Å². The summed E-state index contributed by atoms with van der Waals surface area (Å²) in [5, 5.41) is 17.9. The predicted octanol–water partition coefficient (Wildman–Crippen LogP) is 1.09. The van der Waals surface area contributed by atoms with Crippen molar-refractivity contribution in [3.05, 3.63) is 0 Å². The molecule has 0 spiro atoms. The van der Waals surface area contributed by atoms with Gasteiger partial charge in [-0.25, -0.2) is 0 Å². The van der Waals surface area contributed by atoms with Crippen molar-refractivity contribution < 1.29 is 19.7 Å². The molecule has 0 aromatic heterocycles. The van der Waals surface area contributed by atoms with Crippen LogP contribution in [0.2, 0.25) is 0 Å². The molecule has 0 aromatic carbocycles. The Morgan fingerprint density at radius 3 is 1.25 bits per heavy atom. The SMILES string of the molecule is CO[C@@H]1CC[C@H](O)C1.CO[C@H]1CC[C@@H](O)C1. The lowest BCUT2D eigenvalue weighted by molar-refractivity contribution is 0.0895. The maximum Gasteiger partial charge on any atom is 0.0596 e. The molecule has 2 aliphatic carbocycles. The largest absolute Gasteiger partial charge is 0.393 e. The van der Waals surface area contributed by atoms with Crippen LogP contribution in [0.15, 0.2) is 0 Å². The summed E-state index contributed by atoms with van der Waals surface area (Å²) in [5.41, 5.74) is 0. The highest BCUT2D eigenvalue weighted by Crippen LogP contribution is 2.21. The maximum atomic E-state index is 8.95. The van der Waals surface area contributed by atoms with Crippen molar-refractivity contribution in [2.24, 2.45) is 0 Å². The highest BCUT2D eigenvalue weighted by molar-refractivity contribution is 4.74. The van der Waals surface area contributed by atoms with Crippen LogP contribution < -0.4 is 0 Å². The van der Waals surface area contributed by atoms with Gasteiger partial charge in [0, 0.05) is 14.2 Å². The monoisotopic (exact) mass is 232 g/mol. The van der Waals surface area contributed by atoms with E-state index in [1.54, 1.807) is 14.2 Å². The number of hydrogen-bond donors (Lipinski definition) is 2. The number of rotatable bonds is 2. The number of hydrogen-bond acceptors (Lipinski definition) is 4. The average molecular weight is 232 g/mol. The zero-order chi connectivity index (χ0) is 12.0. The molecule has 0 radical (unpaired) electrons. The van der Waals surface area contributed by atoms with Crippen molar-refractivity contribution in [2.75, 3.05) is 14.2 Å². The van der Waals surface area contributed by atoms with Gasteiger partial charge in [0.2, 0.25) is 0 Å². The van der Waals surface area contributed by atoms with Crippen molar-refractivity contribution in [3.8, 4) is 0 Å². The minimum Gasteiger partial charge on any atom is -0.393 e. The minimum atomic E-state index is -0.0973. The molecule has 4 atom stereocenters. The van der Waals surface area contributed by atoms with Gasteiger partial charge in [0.25, 0.3) is 0 Å². The van der Waals surface area contributed by atoms with E-state index in [-0.39, 0.29) is 12.2 Å². The first-order chi connectivity index (χ1) is 7.65. The average Bonchev–Trinajstić information content (AvgIpc) is 2.88. The Kier molecular flexibility index (Phi) is 6.28. The van der Waals surface area contributed by atoms with Gasteiger partial charge in [-0.1, -0.05) is 0 Å². The highest BCUT2D eigenvalue weighted by atomic mass is 16.5. The van der Waals surface area contributed by atoms with Gasteiger partial charge in [-0.15, -0.1) is 0 Å². The second-order valence-corrected chi connectivity index (χ2v) is 4.65. The van der Waals surface area contributed by atoms with E-state index in [1.165, 1.54) is 0 Å². The fourth-order valence-electron chi connectivity index (χ4n) is 2.26. The van der Waals surface area contributed by atoms with Gasteiger partial charge < -0.3 is 19.7 Å². The zero-order valence-electron chi connectivity index (χ0n) is 10.3. The van der Waals surface area contributed by atoms with Gasteiger partial charge in [-0.2, -0.15) is 0 Å². The van der Waals surface area contributed by atoms with E-state index in [1.807, 2.05) is 0 Å². The van der Waals surface area contributed by atoms with Crippen LogP contribution in [0.5, 0.6) is 0 Å². The summed E-state index contributed by atoms with van der Waals surface area (Å²) < 4.78 is 10.0. The second-order valence-electron chi connectivity index (χ2n) is 4.65. The third kappa shape index (κ3) is 4.78. The lowest BCUT2D eigenvalue weighted by Gasteiger charge is -2.03. The molecule has 0 bridgehead atoms. The van der Waals surface area contributed by atoms with E-state index in [9.17, 15) is 0 Å². The van der Waals surface area contributed by atoms with Gasteiger partial charge >= 0.3 is 0 Å². The highest BCUT2D eigenvalue weighted by Gasteiger charge is 2.22. The van der Waals surface area contributed by atoms with E-state index in [0.29, 0.717) is 12.2 Å². The predicted molar refractivity (Wildman–Crippen MR) is 61.3 cm³/mol. The van der Waals surface area contributed by atoms with E-state index < -0.39 is 0 Å². The number of aliphatic hydroxyl groups is 2. The molecule has 0 aromatic rings. The summed E-state index contributed by atoms with van der Waals surface area (Å²) in [6.45, 7) is 0. The fourth-order valence-corrected chi connectivity index (χ4v) is 2.26. The minimum absolute atomic E-state index is 0.0973. The van der Waals surface area contributed by atoms with Gasteiger partial charge in [0.05, 0.1) is 24.4 Å². The van der Waals surface area contributed by atoms with Gasteiger partial charge in [0.1, 0.15) is 0 Å². The number of methoxy groups -OCH3 is 2. The van der Waals surface area contributed by atoms with Crippen LogP contribution in [0, 0.1) is 0 Å². The number of ether oxygens (including phenoxy) is 2. The third-order valence-corrected chi connectivity index (χ3v) is 3.38. The van der Waals surface area contributed by atoms with Crippen LogP contribution >= 0.6 is 0 Å². The number of aliphatic hydroxyl groups excluding tert-OH is 2. The van der Waals surface area contributed by atoms with Crippen molar-refractivity contribution >= 4 is 0 Å². The van der Waals surface area contributed by atoms with Crippen molar-refractivity contribution in [1.29, 1.82) is 0 Å². The summed E-state index contributed by atoms with van der Waals surface area (Å²) in [4.78, 5) is 0. The molecule has 0 heterocycles. The Bertz CT molecular complexity index is 166. The van der Waals surface area contributed by atoms with Crippen molar-refractivity contribution in [3.63, 3.8) is 0 Å². The summed E-state index contributed by atoms with van der Waals surface area (Å²) in [6, 6.07) is 0. The summed E-state index contributed by atoms with van der Waals surface area (Å²) in [5.74, 6) is 0. The normalized spacial score (nSPS) is 38.2. The van der Waals surface area contributed by atoms with Crippen LogP contribution in [0.3, 0.4) is 0 Å². The van der Waals surface area contributed by atoms with Crippen LogP contribution in [0.25, 0.3) is 0 Å². The second kappa shape index (κ2) is 7.22. The lowest BCUT2D eigenvalue weighted by atomic mass is 10.3. The first-order valence-electron chi connectivity index (χ1n) is 6.07. The van der Waals surface area contributed by atoms with Crippen LogP contribution in [0.1, 0.15) is 38.5 Å². The van der Waals surface area contributed by atoms with Crippen molar-refractivity contribution in [1.82, 2.24) is 0 Å². The first-order valence-corrected chi connectivity index (χ1v) is 6.07. The zero-order valence-corrected chi connectivity index (χ0v) is 10.3. The lowest BCUT2D eigenvalue weighted by Crippen LogP contribution is -2.06. The summed E-state index contributed by atoms with van der Waals surface area (Å²) in [7, 11) is 3.39. The molecule has 2 aliphatic rings. The molecule has 0 amide bonds. The topological polar surface area (TPSA) is 58.9 Å². The molecule has 4 nitrogen and oxygen atoms in total. The Morgan fingerprint density at radius 1 is 0.750 bits per heavy atom. The van der Waals surface area contributed by atoms with Gasteiger partial charge in [-0.3, -0.25) is 0 Å². The van der Waals surface area contributed by atoms with Crippen LogP contribution in [-0.4, -0.2) is 48.8 Å². The summed E-state index contributed by atoms with van der Waals surface area (Å²) in [6.07, 6.45) is 5.99. The standard InChI is InChI=1S/2C6H12O2/c2*1-8-6-3-2-5(7)4-6/h2*5-7H,2-4H2,1H3/t2*5-,6+/m10/s1. The molecule has 2 fully saturated rings. The Labute approximate surface area is 97.6 Å². The molecular formula is C12H24O4. The van der Waals surface area contributed by atoms with E-state index in [2.05, 4.69) is 0 Å². The van der Waals surface area contributed by atoms with E-state index >= 15 is 0 Å². The maximum absolute atomic E-state index is 8.95. The van der Waals surface area contributed by atoms with Gasteiger partial charge in [0.15, 0.2) is 0 Å². The molecular weight excluding hydrogens is 208 g/mol. The quantitative estimate of drug-likeness (QED) is 0.748. The molecule has 0 aliphatic heterocycles. The fraction of sp³-hybridized carbons (Fsp3) is 1.00. The van der Waals surface area contributed by atoms with Crippen LogP contribution in [-0.2, 0) is 9.47 Å². The molecule has 2 rings (SSSR count). The Hall–Kier alpha value is -0.160. The van der Waals surface area contributed by atoms with Crippen LogP contribution in [0.4, 0.5) is 0 Å². The van der Waals surface area contributed by atoms with Crippen molar-refractivity contribution in [2.45, 2.75) is 62.9 Å². The third-order valence-electron chi connectivity index (χ3n) is 3.38. The first kappa shape index (κ1) is 13.9.